The molecule has 2 amide bonds. The smallest absolute Gasteiger partial charge is 0.407 e. The highest BCUT2D eigenvalue weighted by Crippen LogP contribution is 2.44. The Balaban J connectivity index is 1.28. The van der Waals surface area contributed by atoms with Crippen molar-refractivity contribution in [2.75, 3.05) is 13.2 Å². The Labute approximate surface area is 196 Å². The number of rotatable bonds is 6. The number of hydrogen-bond acceptors (Lipinski definition) is 4. The Morgan fingerprint density at radius 3 is 2.09 bits per heavy atom. The highest BCUT2D eigenvalue weighted by molar-refractivity contribution is 5.96. The molecule has 34 heavy (non-hydrogen) atoms. The number of benzene rings is 3. The molecule has 0 spiro atoms. The first-order valence-electron chi connectivity index (χ1n) is 10.7. The summed E-state index contributed by atoms with van der Waals surface area (Å²) in [7, 11) is 0. The summed E-state index contributed by atoms with van der Waals surface area (Å²) in [5, 5.41) is 14.2. The van der Waals surface area contributed by atoms with Crippen molar-refractivity contribution in [3.63, 3.8) is 0 Å². The van der Waals surface area contributed by atoms with Crippen LogP contribution in [0, 0.1) is 11.8 Å². The average Bonchev–Trinajstić information content (AvgIpc) is 3.18. The zero-order valence-corrected chi connectivity index (χ0v) is 18.2. The molecule has 3 aromatic carbocycles. The number of carboxylic acids is 1. The van der Waals surface area contributed by atoms with E-state index in [4.69, 9.17) is 4.74 Å². The van der Waals surface area contributed by atoms with Crippen LogP contribution in [-0.4, -0.2) is 36.2 Å². The fourth-order valence-corrected chi connectivity index (χ4v) is 3.99. The largest absolute Gasteiger partial charge is 0.479 e. The van der Waals surface area contributed by atoms with Crippen LogP contribution in [0.2, 0.25) is 0 Å². The van der Waals surface area contributed by atoms with Gasteiger partial charge in [0.25, 0.3) is 5.91 Å². The molecule has 4 rings (SSSR count). The zero-order chi connectivity index (χ0) is 23.9. The van der Waals surface area contributed by atoms with Gasteiger partial charge >= 0.3 is 12.1 Å². The lowest BCUT2D eigenvalue weighted by Crippen LogP contribution is -2.33. The third kappa shape index (κ3) is 5.08. The fourth-order valence-electron chi connectivity index (χ4n) is 3.99. The molecule has 0 aliphatic heterocycles. The number of hydrogen-bond donors (Lipinski definition) is 3. The van der Waals surface area contributed by atoms with Gasteiger partial charge in [-0.15, -0.1) is 0 Å². The van der Waals surface area contributed by atoms with Crippen LogP contribution in [0.15, 0.2) is 78.9 Å². The second-order valence-corrected chi connectivity index (χ2v) is 7.64. The molecule has 3 aromatic rings. The first-order valence-corrected chi connectivity index (χ1v) is 10.7. The molecule has 0 aromatic heterocycles. The molecule has 7 nitrogen and oxygen atoms in total. The molecular formula is C27H22N2O5. The van der Waals surface area contributed by atoms with E-state index >= 15 is 0 Å². The summed E-state index contributed by atoms with van der Waals surface area (Å²) in [6.45, 7) is 0.0539. The summed E-state index contributed by atoms with van der Waals surface area (Å²) >= 11 is 0. The summed E-state index contributed by atoms with van der Waals surface area (Å²) in [5.74, 6) is 2.78. The summed E-state index contributed by atoms with van der Waals surface area (Å²) in [6.07, 6.45) is -0.649. The molecule has 3 N–H and O–H groups in total. The monoisotopic (exact) mass is 454 g/mol. The lowest BCUT2D eigenvalue weighted by atomic mass is 9.98. The maximum atomic E-state index is 12.1. The van der Waals surface area contributed by atoms with Crippen LogP contribution < -0.4 is 10.6 Å². The Hall–Kier alpha value is -4.57. The van der Waals surface area contributed by atoms with Gasteiger partial charge in [0.2, 0.25) is 0 Å². The summed E-state index contributed by atoms with van der Waals surface area (Å²) in [6, 6.07) is 23.2. The van der Waals surface area contributed by atoms with Crippen molar-refractivity contribution in [2.24, 2.45) is 0 Å². The quantitative estimate of drug-likeness (QED) is 0.495. The van der Waals surface area contributed by atoms with Crippen LogP contribution in [0.4, 0.5) is 4.79 Å². The lowest BCUT2D eigenvalue weighted by Gasteiger charge is -2.14. The molecule has 1 atom stereocenters. The van der Waals surface area contributed by atoms with Crippen LogP contribution in [0.1, 0.15) is 28.7 Å². The van der Waals surface area contributed by atoms with Gasteiger partial charge < -0.3 is 20.5 Å². The Kier molecular flexibility index (Phi) is 6.89. The topological polar surface area (TPSA) is 105 Å². The molecule has 0 fully saturated rings. The number of ether oxygens (including phenoxy) is 1. The molecule has 7 heteroatoms. The van der Waals surface area contributed by atoms with E-state index < -0.39 is 24.0 Å². The number of nitrogens with one attached hydrogen (secondary N) is 2. The number of carboxylic acid groups (broad SMARTS) is 1. The van der Waals surface area contributed by atoms with E-state index in [-0.39, 0.29) is 19.1 Å². The zero-order valence-electron chi connectivity index (χ0n) is 18.2. The van der Waals surface area contributed by atoms with E-state index in [1.807, 2.05) is 36.4 Å². The van der Waals surface area contributed by atoms with E-state index in [1.165, 1.54) is 0 Å². The van der Waals surface area contributed by atoms with Crippen LogP contribution in [0.5, 0.6) is 0 Å². The predicted octanol–water partition coefficient (Wildman–Crippen LogP) is 3.47. The van der Waals surface area contributed by atoms with Crippen molar-refractivity contribution in [3.05, 3.63) is 95.6 Å². The van der Waals surface area contributed by atoms with Gasteiger partial charge in [-0.25, -0.2) is 9.59 Å². The Morgan fingerprint density at radius 1 is 0.882 bits per heavy atom. The van der Waals surface area contributed by atoms with Gasteiger partial charge in [0.15, 0.2) is 6.04 Å². The summed E-state index contributed by atoms with van der Waals surface area (Å²) in [5.41, 5.74) is 4.93. The predicted molar refractivity (Wildman–Crippen MR) is 126 cm³/mol. The first-order chi connectivity index (χ1) is 16.5. The number of carbonyl (C=O) groups is 3. The SMILES string of the molecule is O=C(C#CCNC(=O)OCC1c2ccccc2-c2ccccc21)N[C@H](C(=O)O)c1ccccc1. The van der Waals surface area contributed by atoms with Gasteiger partial charge in [-0.1, -0.05) is 84.8 Å². The van der Waals surface area contributed by atoms with Gasteiger partial charge in [-0.2, -0.15) is 0 Å². The highest BCUT2D eigenvalue weighted by Gasteiger charge is 2.29. The molecule has 1 aliphatic carbocycles. The second kappa shape index (κ2) is 10.4. The number of fused-ring (bicyclic) bond motifs is 3. The number of alkyl carbamates (subject to hydrolysis) is 1. The third-order valence-electron chi connectivity index (χ3n) is 5.52. The number of aliphatic carboxylic acids is 1. The third-order valence-corrected chi connectivity index (χ3v) is 5.52. The molecular weight excluding hydrogens is 432 g/mol. The van der Waals surface area contributed by atoms with Crippen molar-refractivity contribution in [2.45, 2.75) is 12.0 Å². The summed E-state index contributed by atoms with van der Waals surface area (Å²) in [4.78, 5) is 35.6. The molecule has 0 saturated heterocycles. The first kappa shape index (κ1) is 22.6. The number of carbonyl (C=O) groups excluding carboxylic acids is 2. The van der Waals surface area contributed by atoms with Gasteiger partial charge in [0, 0.05) is 5.92 Å². The average molecular weight is 454 g/mol. The second-order valence-electron chi connectivity index (χ2n) is 7.64. The van der Waals surface area contributed by atoms with E-state index in [9.17, 15) is 19.5 Å². The maximum Gasteiger partial charge on any atom is 0.407 e. The van der Waals surface area contributed by atoms with Crippen molar-refractivity contribution in [3.8, 4) is 23.0 Å². The van der Waals surface area contributed by atoms with Crippen LogP contribution >= 0.6 is 0 Å². The molecule has 0 bridgehead atoms. The molecule has 0 unspecified atom stereocenters. The van der Waals surface area contributed by atoms with Gasteiger partial charge in [-0.3, -0.25) is 4.79 Å². The minimum Gasteiger partial charge on any atom is -0.479 e. The van der Waals surface area contributed by atoms with Crippen molar-refractivity contribution >= 4 is 18.0 Å². The van der Waals surface area contributed by atoms with Crippen LogP contribution in [0.25, 0.3) is 11.1 Å². The standard InChI is InChI=1S/C27H22N2O5/c30-24(29-25(26(31)32)18-9-2-1-3-10-18)15-8-16-28-27(33)34-17-23-21-13-6-4-11-19(21)20-12-5-7-14-22(20)23/h1-7,9-14,23,25H,16-17H2,(H,28,33)(H,29,30)(H,31,32)/t25-/m0/s1. The van der Waals surface area contributed by atoms with E-state index in [1.54, 1.807) is 30.3 Å². The molecule has 0 radical (unpaired) electrons. The fraction of sp³-hybridized carbons (Fsp3) is 0.148. The highest BCUT2D eigenvalue weighted by atomic mass is 16.5. The van der Waals surface area contributed by atoms with E-state index in [0.29, 0.717) is 5.56 Å². The van der Waals surface area contributed by atoms with E-state index in [0.717, 1.165) is 22.3 Å². The van der Waals surface area contributed by atoms with Crippen LogP contribution in [0.3, 0.4) is 0 Å². The Morgan fingerprint density at radius 2 is 1.47 bits per heavy atom. The Bertz CT molecular complexity index is 1230. The normalized spacial score (nSPS) is 12.4. The molecule has 0 saturated carbocycles. The van der Waals surface area contributed by atoms with Crippen molar-refractivity contribution in [1.82, 2.24) is 10.6 Å². The molecule has 0 heterocycles. The van der Waals surface area contributed by atoms with Crippen molar-refractivity contribution < 1.29 is 24.2 Å². The van der Waals surface area contributed by atoms with Gasteiger partial charge in [0.1, 0.15) is 6.61 Å². The summed E-state index contributed by atoms with van der Waals surface area (Å²) < 4.78 is 5.40. The van der Waals surface area contributed by atoms with Gasteiger partial charge in [-0.05, 0) is 33.7 Å². The number of amides is 2. The minimum absolute atomic E-state index is 0.0547. The maximum absolute atomic E-state index is 12.1. The van der Waals surface area contributed by atoms with E-state index in [2.05, 4.69) is 34.6 Å². The van der Waals surface area contributed by atoms with Crippen molar-refractivity contribution in [1.29, 1.82) is 0 Å². The molecule has 170 valence electrons. The lowest BCUT2D eigenvalue weighted by molar-refractivity contribution is -0.141. The van der Waals surface area contributed by atoms with Crippen LogP contribution in [-0.2, 0) is 14.3 Å². The van der Waals surface area contributed by atoms with Gasteiger partial charge in [0.05, 0.1) is 6.54 Å². The minimum atomic E-state index is -1.21. The molecule has 1 aliphatic rings.